The number of thiazole rings is 1. The lowest BCUT2D eigenvalue weighted by Gasteiger charge is -1.92. The molecule has 2 rings (SSSR count). The molecular formula is C11H16N2S. The Morgan fingerprint density at radius 1 is 1.21 bits per heavy atom. The normalized spacial score (nSPS) is 11.3. The van der Waals surface area contributed by atoms with Crippen LogP contribution in [0.3, 0.4) is 0 Å². The Bertz CT molecular complexity index is 465. The van der Waals surface area contributed by atoms with Crippen LogP contribution in [-0.2, 0) is 7.05 Å². The predicted molar refractivity (Wildman–Crippen MR) is 63.6 cm³/mol. The Morgan fingerprint density at radius 2 is 1.86 bits per heavy atom. The first-order valence-electron chi connectivity index (χ1n) is 4.80. The van der Waals surface area contributed by atoms with Crippen LogP contribution >= 0.6 is 11.3 Å². The molecule has 76 valence electrons. The number of hydrogen-bond acceptors (Lipinski definition) is 2. The van der Waals surface area contributed by atoms with Crippen LogP contribution in [0, 0.1) is 0 Å². The van der Waals surface area contributed by atoms with Crippen molar-refractivity contribution in [2.75, 3.05) is 7.05 Å². The molecule has 0 atom stereocenters. The smallest absolute Gasteiger partial charge is 0.185 e. The minimum Gasteiger partial charge on any atom is -0.320 e. The third-order valence-electron chi connectivity index (χ3n) is 1.91. The molecule has 0 saturated heterocycles. The molecule has 0 fully saturated rings. The Hall–Kier alpha value is -1.09. The molecule has 0 aliphatic rings. The number of aromatic nitrogens is 1. The zero-order valence-electron chi connectivity index (χ0n) is 9.11. The van der Waals surface area contributed by atoms with Gasteiger partial charge < -0.3 is 4.57 Å². The summed E-state index contributed by atoms with van der Waals surface area (Å²) in [6.07, 6.45) is 0. The Morgan fingerprint density at radius 3 is 2.43 bits per heavy atom. The van der Waals surface area contributed by atoms with E-state index in [2.05, 4.69) is 33.8 Å². The van der Waals surface area contributed by atoms with Gasteiger partial charge >= 0.3 is 0 Å². The van der Waals surface area contributed by atoms with E-state index in [0.29, 0.717) is 0 Å². The third-order valence-corrected chi connectivity index (χ3v) is 3.11. The maximum Gasteiger partial charge on any atom is 0.185 e. The standard InChI is InChI=1S/C9H10N2S.C2H6/c1-10-9-11(2)7-5-3-4-6-8(7)12-9;1-2/h3-6H,1-2H3;1-2H3. The summed E-state index contributed by atoms with van der Waals surface area (Å²) in [5.41, 5.74) is 1.25. The van der Waals surface area contributed by atoms with Crippen molar-refractivity contribution in [1.82, 2.24) is 4.57 Å². The van der Waals surface area contributed by atoms with E-state index >= 15 is 0 Å². The van der Waals surface area contributed by atoms with E-state index in [1.807, 2.05) is 27.9 Å². The number of benzene rings is 1. The third kappa shape index (κ3) is 1.87. The summed E-state index contributed by atoms with van der Waals surface area (Å²) in [6.45, 7) is 4.00. The van der Waals surface area contributed by atoms with Crippen molar-refractivity contribution in [2.24, 2.45) is 12.0 Å². The summed E-state index contributed by atoms with van der Waals surface area (Å²) >= 11 is 1.72. The van der Waals surface area contributed by atoms with Gasteiger partial charge in [-0.1, -0.05) is 37.3 Å². The lowest BCUT2D eigenvalue weighted by atomic mass is 10.3. The fraction of sp³-hybridized carbons (Fsp3) is 0.364. The average molecular weight is 208 g/mol. The average Bonchev–Trinajstić information content (AvgIpc) is 2.59. The highest BCUT2D eigenvalue weighted by molar-refractivity contribution is 7.16. The van der Waals surface area contributed by atoms with Gasteiger partial charge in [0.15, 0.2) is 4.80 Å². The van der Waals surface area contributed by atoms with Gasteiger partial charge in [-0.25, -0.2) is 0 Å². The van der Waals surface area contributed by atoms with Crippen LogP contribution in [0.25, 0.3) is 10.2 Å². The molecule has 0 aliphatic heterocycles. The summed E-state index contributed by atoms with van der Waals surface area (Å²) in [4.78, 5) is 5.25. The van der Waals surface area contributed by atoms with Crippen LogP contribution in [0.15, 0.2) is 29.3 Å². The number of rotatable bonds is 0. The van der Waals surface area contributed by atoms with Crippen molar-refractivity contribution in [3.8, 4) is 0 Å². The van der Waals surface area contributed by atoms with Crippen LogP contribution in [0.5, 0.6) is 0 Å². The Kier molecular flexibility index (Phi) is 3.89. The molecule has 0 amide bonds. The van der Waals surface area contributed by atoms with Gasteiger partial charge in [0.05, 0.1) is 10.2 Å². The largest absolute Gasteiger partial charge is 0.320 e. The molecule has 0 bridgehead atoms. The second-order valence-electron chi connectivity index (χ2n) is 2.63. The van der Waals surface area contributed by atoms with E-state index in [4.69, 9.17) is 0 Å². The van der Waals surface area contributed by atoms with Crippen molar-refractivity contribution in [1.29, 1.82) is 0 Å². The molecule has 1 aromatic carbocycles. The van der Waals surface area contributed by atoms with E-state index in [9.17, 15) is 0 Å². The van der Waals surface area contributed by atoms with Crippen LogP contribution in [0.2, 0.25) is 0 Å². The number of hydrogen-bond donors (Lipinski definition) is 0. The molecular weight excluding hydrogens is 192 g/mol. The Balaban J connectivity index is 0.000000461. The van der Waals surface area contributed by atoms with Crippen LogP contribution in [0.1, 0.15) is 13.8 Å². The highest BCUT2D eigenvalue weighted by atomic mass is 32.1. The molecule has 14 heavy (non-hydrogen) atoms. The predicted octanol–water partition coefficient (Wildman–Crippen LogP) is 2.80. The van der Waals surface area contributed by atoms with Crippen molar-refractivity contribution < 1.29 is 0 Å². The van der Waals surface area contributed by atoms with Gasteiger partial charge in [0.1, 0.15) is 0 Å². The van der Waals surface area contributed by atoms with Crippen molar-refractivity contribution in [3.05, 3.63) is 29.1 Å². The summed E-state index contributed by atoms with van der Waals surface area (Å²) in [7, 11) is 3.87. The van der Waals surface area contributed by atoms with Crippen LogP contribution in [0.4, 0.5) is 0 Å². The molecule has 2 aromatic rings. The number of aryl methyl sites for hydroxylation is 1. The van der Waals surface area contributed by atoms with Crippen LogP contribution in [-0.4, -0.2) is 11.6 Å². The topological polar surface area (TPSA) is 17.3 Å². The molecule has 2 nitrogen and oxygen atoms in total. The molecule has 1 heterocycles. The second-order valence-corrected chi connectivity index (χ2v) is 3.64. The molecule has 3 heteroatoms. The van der Waals surface area contributed by atoms with Gasteiger partial charge in [-0.2, -0.15) is 0 Å². The lowest BCUT2D eigenvalue weighted by Crippen LogP contribution is -2.08. The minimum atomic E-state index is 1.07. The molecule has 0 aliphatic carbocycles. The lowest BCUT2D eigenvalue weighted by molar-refractivity contribution is 0.904. The van der Waals surface area contributed by atoms with E-state index in [1.54, 1.807) is 11.3 Å². The highest BCUT2D eigenvalue weighted by Crippen LogP contribution is 2.14. The SMILES string of the molecule is CC.CN=c1sc2ccccc2n1C. The Labute approximate surface area is 88.5 Å². The zero-order valence-corrected chi connectivity index (χ0v) is 9.93. The zero-order chi connectivity index (χ0) is 10.6. The minimum absolute atomic E-state index is 1.07. The summed E-state index contributed by atoms with van der Waals surface area (Å²) in [5, 5.41) is 0. The molecule has 0 saturated carbocycles. The molecule has 1 aromatic heterocycles. The van der Waals surface area contributed by atoms with Gasteiger partial charge in [0.2, 0.25) is 0 Å². The van der Waals surface area contributed by atoms with Gasteiger partial charge in [-0.3, -0.25) is 4.99 Å². The fourth-order valence-electron chi connectivity index (χ4n) is 1.29. The maximum atomic E-state index is 4.19. The highest BCUT2D eigenvalue weighted by Gasteiger charge is 1.98. The van der Waals surface area contributed by atoms with Crippen molar-refractivity contribution >= 4 is 21.6 Å². The van der Waals surface area contributed by atoms with E-state index in [0.717, 1.165) is 4.80 Å². The van der Waals surface area contributed by atoms with E-state index in [-0.39, 0.29) is 0 Å². The monoisotopic (exact) mass is 208 g/mol. The van der Waals surface area contributed by atoms with Crippen LogP contribution < -0.4 is 4.80 Å². The summed E-state index contributed by atoms with van der Waals surface area (Å²) in [6, 6.07) is 8.34. The molecule has 0 radical (unpaired) electrons. The van der Waals surface area contributed by atoms with Crippen molar-refractivity contribution in [3.63, 3.8) is 0 Å². The number of fused-ring (bicyclic) bond motifs is 1. The fourth-order valence-corrected chi connectivity index (χ4v) is 2.27. The van der Waals surface area contributed by atoms with E-state index in [1.165, 1.54) is 10.2 Å². The molecule has 0 unspecified atom stereocenters. The number of para-hydroxylation sites is 1. The summed E-state index contributed by atoms with van der Waals surface area (Å²) < 4.78 is 3.40. The quantitative estimate of drug-likeness (QED) is 0.633. The maximum absolute atomic E-state index is 4.19. The molecule has 0 N–H and O–H groups in total. The first kappa shape index (κ1) is 11.0. The molecule has 0 spiro atoms. The van der Waals surface area contributed by atoms with Gasteiger partial charge in [-0.15, -0.1) is 0 Å². The van der Waals surface area contributed by atoms with E-state index < -0.39 is 0 Å². The first-order chi connectivity index (χ1) is 6.83. The van der Waals surface area contributed by atoms with Gasteiger partial charge in [0.25, 0.3) is 0 Å². The van der Waals surface area contributed by atoms with Gasteiger partial charge in [0, 0.05) is 14.1 Å². The first-order valence-corrected chi connectivity index (χ1v) is 5.62. The number of nitrogens with zero attached hydrogens (tertiary/aromatic N) is 2. The van der Waals surface area contributed by atoms with Gasteiger partial charge in [-0.05, 0) is 12.1 Å². The van der Waals surface area contributed by atoms with Crippen molar-refractivity contribution in [2.45, 2.75) is 13.8 Å². The summed E-state index contributed by atoms with van der Waals surface area (Å²) in [5.74, 6) is 0. The second kappa shape index (κ2) is 4.96.